The summed E-state index contributed by atoms with van der Waals surface area (Å²) in [5, 5.41) is 0. The number of benzene rings is 2. The molecule has 1 spiro atoms. The second kappa shape index (κ2) is 9.07. The van der Waals surface area contributed by atoms with Crippen molar-refractivity contribution in [3.63, 3.8) is 0 Å². The number of ether oxygens (including phenoxy) is 5. The number of imide groups is 1. The van der Waals surface area contributed by atoms with Crippen molar-refractivity contribution in [1.82, 2.24) is 4.90 Å². The number of amides is 2. The van der Waals surface area contributed by atoms with Crippen LogP contribution in [0.5, 0.6) is 11.5 Å². The highest BCUT2D eigenvalue weighted by Gasteiger charge is 2.65. The Morgan fingerprint density at radius 2 is 1.91 bits per heavy atom. The van der Waals surface area contributed by atoms with E-state index in [0.29, 0.717) is 22.4 Å². The summed E-state index contributed by atoms with van der Waals surface area (Å²) in [6, 6.07) is 11.7. The van der Waals surface area contributed by atoms with Crippen LogP contribution < -0.4 is 9.47 Å². The van der Waals surface area contributed by atoms with Gasteiger partial charge < -0.3 is 23.7 Å². The van der Waals surface area contributed by atoms with Crippen molar-refractivity contribution in [3.05, 3.63) is 71.8 Å². The van der Waals surface area contributed by atoms with Gasteiger partial charge in [-0.25, -0.2) is 14.4 Å². The van der Waals surface area contributed by atoms with E-state index in [1.54, 1.807) is 69.3 Å². The van der Waals surface area contributed by atoms with E-state index in [9.17, 15) is 14.4 Å². The predicted molar refractivity (Wildman–Crippen MR) is 124 cm³/mol. The highest BCUT2D eigenvalue weighted by Crippen LogP contribution is 2.52. The van der Waals surface area contributed by atoms with Gasteiger partial charge in [-0.1, -0.05) is 24.3 Å². The Bertz CT molecular complexity index is 1170. The standard InChI is InChI=1S/C26H27NO8/c1-6-10-17-18(33-21(28)16-11-8-7-9-12-16)13-14-19-20(17)26(22(31-5)34-19)15-32-23(29)27(26)24(30)35-25(2,3)4/h6-9,11-14,22H,1,10,15H2,2-5H3. The number of nitrogens with zero attached hydrogens (tertiary/aromatic N) is 1. The van der Waals surface area contributed by atoms with E-state index >= 15 is 0 Å². The van der Waals surface area contributed by atoms with E-state index in [2.05, 4.69) is 6.58 Å². The molecule has 2 aromatic carbocycles. The lowest BCUT2D eigenvalue weighted by Gasteiger charge is -2.35. The number of carbonyl (C=O) groups is 3. The van der Waals surface area contributed by atoms with Gasteiger partial charge in [0.1, 0.15) is 23.7 Å². The molecule has 0 radical (unpaired) electrons. The summed E-state index contributed by atoms with van der Waals surface area (Å²) in [4.78, 5) is 39.7. The zero-order valence-corrected chi connectivity index (χ0v) is 20.0. The molecule has 0 aliphatic carbocycles. The van der Waals surface area contributed by atoms with E-state index in [-0.39, 0.29) is 18.8 Å². The number of carbonyl (C=O) groups excluding carboxylic acids is 3. The first-order chi connectivity index (χ1) is 16.6. The lowest BCUT2D eigenvalue weighted by Crippen LogP contribution is -2.56. The molecule has 2 aliphatic heterocycles. The Kier molecular flexibility index (Phi) is 6.29. The molecule has 2 amide bonds. The molecule has 0 N–H and O–H groups in total. The second-order valence-electron chi connectivity index (χ2n) is 9.14. The maximum Gasteiger partial charge on any atom is 0.420 e. The molecule has 4 rings (SSSR count). The second-order valence-corrected chi connectivity index (χ2v) is 9.14. The Hall–Kier alpha value is -3.85. The fourth-order valence-electron chi connectivity index (χ4n) is 4.30. The van der Waals surface area contributed by atoms with Gasteiger partial charge in [0.05, 0.1) is 5.56 Å². The minimum Gasteiger partial charge on any atom is -0.461 e. The average molecular weight is 482 g/mol. The molecule has 2 unspecified atom stereocenters. The summed E-state index contributed by atoms with van der Waals surface area (Å²) in [7, 11) is 1.40. The fourth-order valence-corrected chi connectivity index (χ4v) is 4.30. The first kappa shape index (κ1) is 24.3. The molecule has 184 valence electrons. The van der Waals surface area contributed by atoms with Crippen LogP contribution in [0.25, 0.3) is 0 Å². The minimum absolute atomic E-state index is 0.237. The van der Waals surface area contributed by atoms with Crippen molar-refractivity contribution in [2.24, 2.45) is 0 Å². The topological polar surface area (TPSA) is 101 Å². The van der Waals surface area contributed by atoms with E-state index in [4.69, 9.17) is 23.7 Å². The summed E-state index contributed by atoms with van der Waals surface area (Å²) in [6.07, 6.45) is -1.01. The Labute approximate surface area is 203 Å². The molecule has 2 atom stereocenters. The van der Waals surface area contributed by atoms with Gasteiger partial charge in [0.15, 0.2) is 5.54 Å². The summed E-state index contributed by atoms with van der Waals surface area (Å²) < 4.78 is 28.2. The van der Waals surface area contributed by atoms with Gasteiger partial charge in [-0.2, -0.15) is 4.90 Å². The molecule has 1 saturated heterocycles. The number of fused-ring (bicyclic) bond motifs is 2. The van der Waals surface area contributed by atoms with Crippen molar-refractivity contribution in [2.75, 3.05) is 13.7 Å². The summed E-state index contributed by atoms with van der Waals surface area (Å²) >= 11 is 0. The largest absolute Gasteiger partial charge is 0.461 e. The minimum atomic E-state index is -1.50. The molecule has 1 fully saturated rings. The van der Waals surface area contributed by atoms with Gasteiger partial charge in [0.25, 0.3) is 0 Å². The van der Waals surface area contributed by atoms with Crippen LogP contribution in [0.1, 0.15) is 42.3 Å². The lowest BCUT2D eigenvalue weighted by molar-refractivity contribution is -0.120. The molecule has 9 nitrogen and oxygen atoms in total. The van der Waals surface area contributed by atoms with Crippen LogP contribution in [0.3, 0.4) is 0 Å². The summed E-state index contributed by atoms with van der Waals surface area (Å²) in [6.45, 7) is 8.65. The van der Waals surface area contributed by atoms with Gasteiger partial charge in [0, 0.05) is 18.2 Å². The van der Waals surface area contributed by atoms with Crippen molar-refractivity contribution in [1.29, 1.82) is 0 Å². The maximum atomic E-state index is 13.2. The lowest BCUT2D eigenvalue weighted by atomic mass is 9.85. The number of esters is 1. The van der Waals surface area contributed by atoms with Gasteiger partial charge in [-0.05, 0) is 51.5 Å². The SMILES string of the molecule is C=CCc1c(OC(=O)c2ccccc2)ccc2c1C1(COC(=O)N1C(=O)OC(C)(C)C)C(OC)O2. The van der Waals surface area contributed by atoms with Gasteiger partial charge >= 0.3 is 18.2 Å². The molecular weight excluding hydrogens is 454 g/mol. The van der Waals surface area contributed by atoms with Crippen LogP contribution in [0.4, 0.5) is 9.59 Å². The maximum absolute atomic E-state index is 13.2. The molecule has 35 heavy (non-hydrogen) atoms. The van der Waals surface area contributed by atoms with Crippen molar-refractivity contribution in [3.8, 4) is 11.5 Å². The highest BCUT2D eigenvalue weighted by molar-refractivity contribution is 5.93. The van der Waals surface area contributed by atoms with Crippen molar-refractivity contribution >= 4 is 18.2 Å². The summed E-state index contributed by atoms with van der Waals surface area (Å²) in [5.74, 6) is 0.0376. The number of rotatable bonds is 5. The average Bonchev–Trinajstić information content (AvgIpc) is 3.32. The Morgan fingerprint density at radius 3 is 2.54 bits per heavy atom. The van der Waals surface area contributed by atoms with Crippen LogP contribution in [0.15, 0.2) is 55.1 Å². The zero-order valence-electron chi connectivity index (χ0n) is 20.0. The molecule has 2 aromatic rings. The van der Waals surface area contributed by atoms with Gasteiger partial charge in [-0.3, -0.25) is 0 Å². The summed E-state index contributed by atoms with van der Waals surface area (Å²) in [5.41, 5.74) is -1.07. The molecule has 2 heterocycles. The first-order valence-corrected chi connectivity index (χ1v) is 11.1. The molecule has 0 bridgehead atoms. The van der Waals surface area contributed by atoms with Crippen LogP contribution >= 0.6 is 0 Å². The number of allylic oxidation sites excluding steroid dienone is 1. The third-order valence-corrected chi connectivity index (χ3v) is 5.64. The van der Waals surface area contributed by atoms with Crippen LogP contribution in [0.2, 0.25) is 0 Å². The third-order valence-electron chi connectivity index (χ3n) is 5.64. The monoisotopic (exact) mass is 481 g/mol. The Morgan fingerprint density at radius 1 is 1.20 bits per heavy atom. The molecule has 0 saturated carbocycles. The number of hydrogen-bond acceptors (Lipinski definition) is 8. The number of methoxy groups -OCH3 is 1. The highest BCUT2D eigenvalue weighted by atomic mass is 16.7. The van der Waals surface area contributed by atoms with E-state index in [0.717, 1.165) is 4.90 Å². The Balaban J connectivity index is 1.85. The predicted octanol–water partition coefficient (Wildman–Crippen LogP) is 4.58. The quantitative estimate of drug-likeness (QED) is 0.348. The smallest absolute Gasteiger partial charge is 0.420 e. The molecule has 9 heteroatoms. The third kappa shape index (κ3) is 4.23. The fraction of sp³-hybridized carbons (Fsp3) is 0.346. The molecular formula is C26H27NO8. The van der Waals surface area contributed by atoms with E-state index in [1.807, 2.05) is 0 Å². The van der Waals surface area contributed by atoms with E-state index < -0.39 is 35.6 Å². The number of cyclic esters (lactones) is 1. The van der Waals surface area contributed by atoms with Crippen LogP contribution in [0, 0.1) is 0 Å². The van der Waals surface area contributed by atoms with Crippen LogP contribution in [-0.4, -0.2) is 48.7 Å². The zero-order chi connectivity index (χ0) is 25.4. The van der Waals surface area contributed by atoms with Crippen LogP contribution in [-0.2, 0) is 26.2 Å². The van der Waals surface area contributed by atoms with E-state index in [1.165, 1.54) is 7.11 Å². The molecule has 2 aliphatic rings. The van der Waals surface area contributed by atoms with Gasteiger partial charge in [0.2, 0.25) is 6.29 Å². The first-order valence-electron chi connectivity index (χ1n) is 11.1. The van der Waals surface area contributed by atoms with Crippen molar-refractivity contribution < 1.29 is 38.1 Å². The molecule has 0 aromatic heterocycles. The normalized spacial score (nSPS) is 20.7. The van der Waals surface area contributed by atoms with Crippen molar-refractivity contribution in [2.45, 2.75) is 44.6 Å². The van der Waals surface area contributed by atoms with Gasteiger partial charge in [-0.15, -0.1) is 6.58 Å². The number of hydrogen-bond donors (Lipinski definition) is 0.